The first-order valence-corrected chi connectivity index (χ1v) is 10.3. The second-order valence-corrected chi connectivity index (χ2v) is 8.59. The van der Waals surface area contributed by atoms with Crippen LogP contribution in [-0.2, 0) is 24.2 Å². The summed E-state index contributed by atoms with van der Waals surface area (Å²) < 4.78 is 56.5. The summed E-state index contributed by atoms with van der Waals surface area (Å²) in [4.78, 5) is 25.5. The van der Waals surface area contributed by atoms with Gasteiger partial charge in [0, 0.05) is 19.2 Å². The molecule has 1 aliphatic rings. The first-order valence-electron chi connectivity index (χ1n) is 8.48. The number of hydrogen-bond acceptors (Lipinski definition) is 6. The van der Waals surface area contributed by atoms with E-state index in [0.29, 0.717) is 12.0 Å². The Morgan fingerprint density at radius 1 is 1.25 bits per heavy atom. The molecular weight excluding hydrogens is 396 g/mol. The number of likely N-dealkylation sites (N-methyl/N-ethyl adjacent to an activating group) is 1. The summed E-state index contributed by atoms with van der Waals surface area (Å²) in [6.45, 7) is -1.51. The number of sulfone groups is 1. The molecule has 0 unspecified atom stereocenters. The number of carbonyl (C=O) groups is 2. The molecule has 0 spiro atoms. The van der Waals surface area contributed by atoms with E-state index >= 15 is 0 Å². The van der Waals surface area contributed by atoms with Crippen molar-refractivity contribution in [1.29, 1.82) is 0 Å². The summed E-state index contributed by atoms with van der Waals surface area (Å²) in [5, 5.41) is 0. The fourth-order valence-electron chi connectivity index (χ4n) is 2.74. The maximum Gasteiger partial charge on any atom is 0.387 e. The van der Waals surface area contributed by atoms with Crippen LogP contribution in [0.1, 0.15) is 18.9 Å². The van der Waals surface area contributed by atoms with Gasteiger partial charge in [-0.2, -0.15) is 8.78 Å². The highest BCUT2D eigenvalue weighted by molar-refractivity contribution is 7.91. The third kappa shape index (κ3) is 6.29. The second kappa shape index (κ2) is 9.13. The zero-order valence-corrected chi connectivity index (χ0v) is 16.2. The van der Waals surface area contributed by atoms with Gasteiger partial charge >= 0.3 is 12.6 Å². The Morgan fingerprint density at radius 3 is 2.43 bits per heavy atom. The number of nitrogens with zero attached hydrogens (tertiary/aromatic N) is 1. The summed E-state index contributed by atoms with van der Waals surface area (Å²) in [5.74, 6) is -1.32. The number of esters is 1. The molecule has 0 aromatic heterocycles. The minimum atomic E-state index is -3.14. The van der Waals surface area contributed by atoms with Crippen molar-refractivity contribution in [2.45, 2.75) is 32.1 Å². The van der Waals surface area contributed by atoms with Gasteiger partial charge in [-0.15, -0.1) is 0 Å². The smallest absolute Gasteiger partial charge is 0.387 e. The van der Waals surface area contributed by atoms with Gasteiger partial charge in [0.1, 0.15) is 5.75 Å². The molecule has 0 saturated carbocycles. The molecule has 0 radical (unpaired) electrons. The van der Waals surface area contributed by atoms with Crippen molar-refractivity contribution in [2.75, 3.05) is 18.6 Å². The summed E-state index contributed by atoms with van der Waals surface area (Å²) in [7, 11) is -1.65. The lowest BCUT2D eigenvalue weighted by Gasteiger charge is -2.26. The molecule has 10 heteroatoms. The summed E-state index contributed by atoms with van der Waals surface area (Å²) in [5.41, 5.74) is 0.547. The van der Waals surface area contributed by atoms with Crippen LogP contribution in [0.25, 0.3) is 6.08 Å². The van der Waals surface area contributed by atoms with E-state index in [4.69, 9.17) is 4.74 Å². The van der Waals surface area contributed by atoms with Gasteiger partial charge in [-0.3, -0.25) is 4.79 Å². The van der Waals surface area contributed by atoms with Gasteiger partial charge in [-0.1, -0.05) is 12.1 Å². The van der Waals surface area contributed by atoms with Crippen LogP contribution in [-0.4, -0.2) is 62.5 Å². The van der Waals surface area contributed by atoms with E-state index < -0.39 is 40.5 Å². The molecule has 28 heavy (non-hydrogen) atoms. The molecule has 0 N–H and O–H groups in total. The van der Waals surface area contributed by atoms with Crippen LogP contribution < -0.4 is 4.74 Å². The number of benzene rings is 1. The van der Waals surface area contributed by atoms with E-state index in [9.17, 15) is 26.8 Å². The van der Waals surface area contributed by atoms with Gasteiger partial charge in [-0.25, -0.2) is 13.2 Å². The minimum Gasteiger partial charge on any atom is -0.449 e. The van der Waals surface area contributed by atoms with Gasteiger partial charge in [0.25, 0.3) is 5.91 Å². The first-order chi connectivity index (χ1) is 13.1. The highest BCUT2D eigenvalue weighted by Crippen LogP contribution is 2.18. The lowest BCUT2D eigenvalue weighted by atomic mass is 10.2. The lowest BCUT2D eigenvalue weighted by molar-refractivity contribution is -0.155. The van der Waals surface area contributed by atoms with Crippen molar-refractivity contribution in [3.8, 4) is 5.75 Å². The monoisotopic (exact) mass is 417 g/mol. The van der Waals surface area contributed by atoms with Gasteiger partial charge in [0.15, 0.2) is 15.9 Å². The number of halogens is 2. The van der Waals surface area contributed by atoms with Crippen molar-refractivity contribution in [1.82, 2.24) is 4.90 Å². The Balaban J connectivity index is 1.87. The average molecular weight is 417 g/mol. The van der Waals surface area contributed by atoms with E-state index in [1.807, 2.05) is 0 Å². The van der Waals surface area contributed by atoms with E-state index in [0.717, 1.165) is 6.08 Å². The number of rotatable bonds is 7. The fourth-order valence-corrected chi connectivity index (χ4v) is 4.51. The second-order valence-electron chi connectivity index (χ2n) is 6.37. The molecule has 2 atom stereocenters. The predicted octanol–water partition coefficient (Wildman–Crippen LogP) is 1.88. The maximum absolute atomic E-state index is 12.3. The van der Waals surface area contributed by atoms with Crippen molar-refractivity contribution in [3.05, 3.63) is 35.9 Å². The average Bonchev–Trinajstić information content (AvgIpc) is 2.99. The third-order valence-corrected chi connectivity index (χ3v) is 6.01. The van der Waals surface area contributed by atoms with Gasteiger partial charge < -0.3 is 14.4 Å². The fraction of sp³-hybridized carbons (Fsp3) is 0.444. The number of hydrogen-bond donors (Lipinski definition) is 0. The molecule has 1 saturated heterocycles. The number of carbonyl (C=O) groups excluding carboxylic acids is 2. The van der Waals surface area contributed by atoms with Gasteiger partial charge in [0.05, 0.1) is 11.5 Å². The summed E-state index contributed by atoms with van der Waals surface area (Å²) in [6, 6.07) is 5.18. The highest BCUT2D eigenvalue weighted by atomic mass is 32.2. The van der Waals surface area contributed by atoms with E-state index in [1.165, 1.54) is 49.2 Å². The Bertz CT molecular complexity index is 838. The Morgan fingerprint density at radius 2 is 1.89 bits per heavy atom. The molecule has 1 aliphatic heterocycles. The molecule has 154 valence electrons. The highest BCUT2D eigenvalue weighted by Gasteiger charge is 2.34. The van der Waals surface area contributed by atoms with Crippen molar-refractivity contribution in [3.63, 3.8) is 0 Å². The molecule has 0 bridgehead atoms. The van der Waals surface area contributed by atoms with Crippen LogP contribution >= 0.6 is 0 Å². The standard InChI is InChI=1S/C18H21F2NO6S/c1-12(17(23)21(2)14-9-10-28(24,25)11-14)26-16(22)8-5-13-3-6-15(7-4-13)27-18(19)20/h3-8,12,14,18H,9-11H2,1-2H3/b8-5+/t12-,14-/m1/s1. The van der Waals surface area contributed by atoms with E-state index in [2.05, 4.69) is 4.74 Å². The number of amides is 1. The number of ether oxygens (including phenoxy) is 2. The van der Waals surface area contributed by atoms with Crippen LogP contribution in [0.2, 0.25) is 0 Å². The molecule has 1 fully saturated rings. The molecular formula is C18H21F2NO6S. The minimum absolute atomic E-state index is 0.00842. The zero-order valence-electron chi connectivity index (χ0n) is 15.4. The molecule has 1 aromatic carbocycles. The van der Waals surface area contributed by atoms with Crippen LogP contribution in [0.15, 0.2) is 30.3 Å². The van der Waals surface area contributed by atoms with Crippen LogP contribution in [0.4, 0.5) is 8.78 Å². The summed E-state index contributed by atoms with van der Waals surface area (Å²) >= 11 is 0. The largest absolute Gasteiger partial charge is 0.449 e. The van der Waals surface area contributed by atoms with E-state index in [1.54, 1.807) is 0 Å². The lowest BCUT2D eigenvalue weighted by Crippen LogP contribution is -2.44. The molecule has 1 heterocycles. The van der Waals surface area contributed by atoms with Crippen LogP contribution in [0, 0.1) is 0 Å². The first kappa shape index (κ1) is 21.8. The Kier molecular flexibility index (Phi) is 7.11. The molecule has 7 nitrogen and oxygen atoms in total. The van der Waals surface area contributed by atoms with Crippen molar-refractivity contribution in [2.24, 2.45) is 0 Å². The van der Waals surface area contributed by atoms with Crippen LogP contribution in [0.3, 0.4) is 0 Å². The number of alkyl halides is 2. The quantitative estimate of drug-likeness (QED) is 0.497. The summed E-state index contributed by atoms with van der Waals surface area (Å²) in [6.07, 6.45) is 1.79. The molecule has 2 rings (SSSR count). The van der Waals surface area contributed by atoms with Gasteiger partial charge in [-0.05, 0) is 37.1 Å². The van der Waals surface area contributed by atoms with Gasteiger partial charge in [0.2, 0.25) is 0 Å². The van der Waals surface area contributed by atoms with Crippen LogP contribution in [0.5, 0.6) is 5.75 Å². The molecule has 1 aromatic rings. The molecule has 1 amide bonds. The normalized spacial score (nSPS) is 19.5. The Labute approximate surface area is 161 Å². The maximum atomic E-state index is 12.3. The predicted molar refractivity (Wildman–Crippen MR) is 97.5 cm³/mol. The molecule has 0 aliphatic carbocycles. The SMILES string of the molecule is C[C@@H](OC(=O)/C=C/c1ccc(OC(F)F)cc1)C(=O)N(C)[C@@H]1CCS(=O)(=O)C1. The van der Waals surface area contributed by atoms with Crippen molar-refractivity contribution >= 4 is 27.8 Å². The Hall–Kier alpha value is -2.49. The van der Waals surface area contributed by atoms with E-state index in [-0.39, 0.29) is 17.3 Å². The zero-order chi connectivity index (χ0) is 20.9. The third-order valence-electron chi connectivity index (χ3n) is 4.26. The topological polar surface area (TPSA) is 90.0 Å². The van der Waals surface area contributed by atoms with Crippen molar-refractivity contribution < 1.29 is 36.3 Å².